The maximum Gasteiger partial charge on any atom is 0.416 e. The number of anilines is 1. The van der Waals surface area contributed by atoms with Gasteiger partial charge in [0.1, 0.15) is 0 Å². The molecule has 0 spiro atoms. The highest BCUT2D eigenvalue weighted by Crippen LogP contribution is 2.38. The fraction of sp³-hybridized carbons (Fsp3) is 0.240. The molecule has 0 heterocycles. The van der Waals surface area contributed by atoms with Gasteiger partial charge >= 0.3 is 12.4 Å². The maximum absolute atomic E-state index is 13.2. The van der Waals surface area contributed by atoms with E-state index in [1.54, 1.807) is 0 Å². The van der Waals surface area contributed by atoms with E-state index in [1.807, 2.05) is 79.7 Å². The Labute approximate surface area is 204 Å². The summed E-state index contributed by atoms with van der Waals surface area (Å²) in [4.78, 5) is 1.95. The zero-order valence-electron chi connectivity index (χ0n) is 18.8. The number of halogens is 6. The second kappa shape index (κ2) is 10.7. The normalized spacial score (nSPS) is 13.9. The highest BCUT2D eigenvalue weighted by Gasteiger charge is 2.37. The van der Waals surface area contributed by atoms with E-state index >= 15 is 0 Å². The molecule has 3 aromatic carbocycles. The number of thiocarbonyl (C=S) groups is 1. The van der Waals surface area contributed by atoms with Crippen LogP contribution in [0.1, 0.15) is 34.3 Å². The molecule has 0 bridgehead atoms. The Hall–Kier alpha value is -3.11. The van der Waals surface area contributed by atoms with E-state index in [0.29, 0.717) is 12.1 Å². The highest BCUT2D eigenvalue weighted by molar-refractivity contribution is 7.80. The Morgan fingerprint density at radius 2 is 1.20 bits per heavy atom. The molecule has 3 aromatic rings. The Morgan fingerprint density at radius 3 is 1.63 bits per heavy atom. The first kappa shape index (κ1) is 26.5. The van der Waals surface area contributed by atoms with Crippen molar-refractivity contribution in [3.63, 3.8) is 0 Å². The Bertz CT molecular complexity index is 1100. The van der Waals surface area contributed by atoms with Gasteiger partial charge in [0.25, 0.3) is 0 Å². The molecule has 0 aliphatic heterocycles. The highest BCUT2D eigenvalue weighted by atomic mass is 32.1. The first-order valence-electron chi connectivity index (χ1n) is 10.5. The lowest BCUT2D eigenvalue weighted by Gasteiger charge is -2.34. The second-order valence-electron chi connectivity index (χ2n) is 8.10. The minimum atomic E-state index is -4.96. The van der Waals surface area contributed by atoms with Crippen molar-refractivity contribution < 1.29 is 26.3 Å². The summed E-state index contributed by atoms with van der Waals surface area (Å²) in [5.74, 6) is 0. The van der Waals surface area contributed by atoms with Crippen molar-refractivity contribution in [3.8, 4) is 0 Å². The van der Waals surface area contributed by atoms with Gasteiger partial charge in [-0.2, -0.15) is 26.3 Å². The van der Waals surface area contributed by atoms with Gasteiger partial charge in [-0.05, 0) is 55.6 Å². The zero-order valence-corrected chi connectivity index (χ0v) is 19.6. The zero-order chi connectivity index (χ0) is 25.8. The quantitative estimate of drug-likeness (QED) is 0.274. The first-order valence-corrected chi connectivity index (χ1v) is 10.9. The molecule has 0 saturated heterocycles. The summed E-state index contributed by atoms with van der Waals surface area (Å²) in [6.07, 6.45) is -9.91. The molecule has 0 fully saturated rings. The summed E-state index contributed by atoms with van der Waals surface area (Å²) < 4.78 is 79.4. The predicted octanol–water partition coefficient (Wildman–Crippen LogP) is 7.05. The fourth-order valence-corrected chi connectivity index (χ4v) is 4.02. The van der Waals surface area contributed by atoms with Gasteiger partial charge in [-0.25, -0.2) is 0 Å². The lowest BCUT2D eigenvalue weighted by atomic mass is 9.92. The van der Waals surface area contributed by atoms with Gasteiger partial charge in [0.15, 0.2) is 5.11 Å². The van der Waals surface area contributed by atoms with Gasteiger partial charge in [-0.15, -0.1) is 0 Å². The molecule has 0 unspecified atom stereocenters. The van der Waals surface area contributed by atoms with Gasteiger partial charge < -0.3 is 15.5 Å². The molecule has 35 heavy (non-hydrogen) atoms. The van der Waals surface area contributed by atoms with Crippen LogP contribution in [0.3, 0.4) is 0 Å². The van der Waals surface area contributed by atoms with Crippen LogP contribution in [0.4, 0.5) is 32.0 Å². The largest absolute Gasteiger partial charge is 0.416 e. The Morgan fingerprint density at radius 1 is 0.743 bits per heavy atom. The fourth-order valence-electron chi connectivity index (χ4n) is 3.78. The molecule has 0 saturated carbocycles. The summed E-state index contributed by atoms with van der Waals surface area (Å²) >= 11 is 5.34. The minimum Gasteiger partial charge on any atom is -0.354 e. The van der Waals surface area contributed by atoms with E-state index in [-0.39, 0.29) is 17.2 Å². The van der Waals surface area contributed by atoms with Crippen molar-refractivity contribution in [2.75, 3.05) is 19.4 Å². The number of hydrogen-bond acceptors (Lipinski definition) is 2. The van der Waals surface area contributed by atoms with E-state index in [0.717, 1.165) is 11.1 Å². The molecular formula is C25H23F6N3S. The number of rotatable bonds is 6. The summed E-state index contributed by atoms with van der Waals surface area (Å²) in [7, 11) is 3.74. The van der Waals surface area contributed by atoms with E-state index in [9.17, 15) is 26.3 Å². The van der Waals surface area contributed by atoms with Crippen LogP contribution in [0.25, 0.3) is 0 Å². The lowest BCUT2D eigenvalue weighted by Crippen LogP contribution is -2.40. The van der Waals surface area contributed by atoms with Crippen LogP contribution in [0, 0.1) is 0 Å². The number of nitrogens with zero attached hydrogens (tertiary/aromatic N) is 1. The van der Waals surface area contributed by atoms with E-state index in [4.69, 9.17) is 12.2 Å². The molecule has 0 aliphatic carbocycles. The third-order valence-electron chi connectivity index (χ3n) is 5.30. The summed E-state index contributed by atoms with van der Waals surface area (Å²) in [6, 6.07) is 19.3. The Kier molecular flexibility index (Phi) is 8.07. The van der Waals surface area contributed by atoms with Crippen LogP contribution in [0.15, 0.2) is 78.9 Å². The number of hydrogen-bond donors (Lipinski definition) is 2. The number of benzene rings is 3. The van der Waals surface area contributed by atoms with E-state index in [1.165, 1.54) is 0 Å². The topological polar surface area (TPSA) is 27.3 Å². The third-order valence-corrected chi connectivity index (χ3v) is 5.52. The van der Waals surface area contributed by atoms with Crippen LogP contribution in [-0.4, -0.2) is 24.1 Å². The molecule has 10 heteroatoms. The third kappa shape index (κ3) is 6.95. The van der Waals surface area contributed by atoms with Gasteiger partial charge in [0.05, 0.1) is 23.2 Å². The van der Waals surface area contributed by atoms with Crippen molar-refractivity contribution in [3.05, 3.63) is 101 Å². The van der Waals surface area contributed by atoms with Gasteiger partial charge in [-0.3, -0.25) is 0 Å². The SMILES string of the molecule is CN(C)[C@@H](c1ccccc1)[C@H](NC(=S)Nc1cc(C(F)(F)F)cc(C(F)(F)F)c1)c1ccccc1. The standard InChI is InChI=1S/C25H23F6N3S/c1-34(2)22(17-11-7-4-8-12-17)21(16-9-5-3-6-10-16)33-23(35)32-20-14-18(24(26,27)28)13-19(15-20)25(29,30)31/h3-15,21-22H,1-2H3,(H2,32,33,35)/t21-,22+/m1/s1. The Balaban J connectivity index is 1.96. The van der Waals surface area contributed by atoms with Crippen LogP contribution in [0.2, 0.25) is 0 Å². The van der Waals surface area contributed by atoms with Crippen molar-refractivity contribution in [1.29, 1.82) is 0 Å². The average Bonchev–Trinajstić information content (AvgIpc) is 2.78. The molecule has 3 rings (SSSR count). The number of alkyl halides is 6. The van der Waals surface area contributed by atoms with Gasteiger partial charge in [0, 0.05) is 5.69 Å². The van der Waals surface area contributed by atoms with Crippen LogP contribution in [0.5, 0.6) is 0 Å². The molecular weight excluding hydrogens is 488 g/mol. The molecule has 2 atom stereocenters. The van der Waals surface area contributed by atoms with Crippen LogP contribution < -0.4 is 10.6 Å². The lowest BCUT2D eigenvalue weighted by molar-refractivity contribution is -0.143. The van der Waals surface area contributed by atoms with Gasteiger partial charge in [-0.1, -0.05) is 60.7 Å². The molecule has 2 N–H and O–H groups in total. The second-order valence-corrected chi connectivity index (χ2v) is 8.51. The molecule has 3 nitrogen and oxygen atoms in total. The van der Waals surface area contributed by atoms with E-state index in [2.05, 4.69) is 10.6 Å². The molecule has 0 aliphatic rings. The summed E-state index contributed by atoms with van der Waals surface area (Å²) in [5.41, 5.74) is -1.49. The smallest absolute Gasteiger partial charge is 0.354 e. The maximum atomic E-state index is 13.2. The van der Waals surface area contributed by atoms with Crippen molar-refractivity contribution in [2.45, 2.75) is 24.4 Å². The van der Waals surface area contributed by atoms with Crippen LogP contribution in [-0.2, 0) is 12.4 Å². The molecule has 186 valence electrons. The minimum absolute atomic E-state index is 0.0753. The monoisotopic (exact) mass is 511 g/mol. The first-order chi connectivity index (χ1) is 16.4. The van der Waals surface area contributed by atoms with Crippen molar-refractivity contribution in [1.82, 2.24) is 10.2 Å². The molecule has 0 amide bonds. The van der Waals surface area contributed by atoms with Crippen molar-refractivity contribution in [2.24, 2.45) is 0 Å². The average molecular weight is 512 g/mol. The molecule has 0 aromatic heterocycles. The van der Waals surface area contributed by atoms with Gasteiger partial charge in [0.2, 0.25) is 0 Å². The summed E-state index contributed by atoms with van der Waals surface area (Å²) in [6.45, 7) is 0. The number of likely N-dealkylation sites (N-methyl/N-ethyl adjacent to an activating group) is 1. The van der Waals surface area contributed by atoms with Crippen LogP contribution >= 0.6 is 12.2 Å². The number of nitrogens with one attached hydrogen (secondary N) is 2. The van der Waals surface area contributed by atoms with E-state index < -0.39 is 35.2 Å². The van der Waals surface area contributed by atoms with Crippen molar-refractivity contribution >= 4 is 23.0 Å². The summed E-state index contributed by atoms with van der Waals surface area (Å²) in [5, 5.41) is 5.49. The predicted molar refractivity (Wildman–Crippen MR) is 128 cm³/mol. The molecule has 0 radical (unpaired) electrons.